The van der Waals surface area contributed by atoms with Crippen molar-refractivity contribution in [3.8, 4) is 0 Å². The van der Waals surface area contributed by atoms with Crippen LogP contribution in [0.5, 0.6) is 0 Å². The maximum Gasteiger partial charge on any atom is 0.246 e. The second kappa shape index (κ2) is 6.98. The molecule has 0 aliphatic carbocycles. The minimum Gasteiger partial charge on any atom is -0.326 e. The molecule has 20 heavy (non-hydrogen) atoms. The molecule has 1 rings (SSSR count). The van der Waals surface area contributed by atoms with Crippen molar-refractivity contribution in [2.24, 2.45) is 5.73 Å². The number of hydrogen-bond donors (Lipinski definition) is 1. The number of nitrogens with zero attached hydrogens (tertiary/aromatic N) is 1. The van der Waals surface area contributed by atoms with E-state index in [1.165, 1.54) is 16.4 Å². The van der Waals surface area contributed by atoms with Crippen molar-refractivity contribution in [3.63, 3.8) is 0 Å². The Morgan fingerprint density at radius 2 is 2.00 bits per heavy atom. The standard InChI is InChI=1S/C13H20BrFN2O2S/c1-4-9(3)17(5-2)20(18,19)12-7-11(14)6-10(8-16)13(12)15/h6-7,9H,4-5,8,16H2,1-3H3. The number of rotatable bonds is 6. The largest absolute Gasteiger partial charge is 0.326 e. The summed E-state index contributed by atoms with van der Waals surface area (Å²) in [4.78, 5) is -0.325. The summed E-state index contributed by atoms with van der Waals surface area (Å²) < 4.78 is 41.4. The first-order valence-corrected chi connectivity index (χ1v) is 8.72. The van der Waals surface area contributed by atoms with Gasteiger partial charge in [0.1, 0.15) is 10.7 Å². The molecule has 0 saturated heterocycles. The van der Waals surface area contributed by atoms with Crippen molar-refractivity contribution in [2.75, 3.05) is 6.54 Å². The minimum atomic E-state index is -3.88. The minimum absolute atomic E-state index is 0.0523. The molecule has 1 aromatic rings. The molecule has 4 nitrogen and oxygen atoms in total. The summed E-state index contributed by atoms with van der Waals surface area (Å²) in [5, 5.41) is 0. The van der Waals surface area contributed by atoms with Gasteiger partial charge in [-0.3, -0.25) is 0 Å². The summed E-state index contributed by atoms with van der Waals surface area (Å²) in [5.41, 5.74) is 5.64. The Morgan fingerprint density at radius 1 is 1.40 bits per heavy atom. The Morgan fingerprint density at radius 3 is 2.45 bits per heavy atom. The second-order valence-corrected chi connectivity index (χ2v) is 7.32. The molecule has 0 radical (unpaired) electrons. The third-order valence-corrected chi connectivity index (χ3v) is 5.83. The number of benzene rings is 1. The Balaban J connectivity index is 3.45. The summed E-state index contributed by atoms with van der Waals surface area (Å²) in [6.07, 6.45) is 0.659. The average molecular weight is 367 g/mol. The first-order valence-electron chi connectivity index (χ1n) is 6.49. The van der Waals surface area contributed by atoms with Crippen molar-refractivity contribution in [2.45, 2.75) is 44.7 Å². The van der Waals surface area contributed by atoms with Gasteiger partial charge in [-0.1, -0.05) is 29.8 Å². The van der Waals surface area contributed by atoms with Crippen LogP contribution in [-0.2, 0) is 16.6 Å². The molecule has 0 aliphatic rings. The highest BCUT2D eigenvalue weighted by molar-refractivity contribution is 9.10. The van der Waals surface area contributed by atoms with Gasteiger partial charge in [0.25, 0.3) is 0 Å². The molecule has 7 heteroatoms. The van der Waals surface area contributed by atoms with E-state index >= 15 is 0 Å². The van der Waals surface area contributed by atoms with Gasteiger partial charge >= 0.3 is 0 Å². The van der Waals surface area contributed by atoms with E-state index in [1.54, 1.807) is 13.8 Å². The molecule has 0 heterocycles. The Labute approximate surface area is 128 Å². The summed E-state index contributed by atoms with van der Waals surface area (Å²) in [7, 11) is -3.88. The van der Waals surface area contributed by atoms with Gasteiger partial charge in [0.15, 0.2) is 0 Å². The van der Waals surface area contributed by atoms with Crippen LogP contribution < -0.4 is 5.73 Å². The molecule has 1 unspecified atom stereocenters. The van der Waals surface area contributed by atoms with E-state index in [1.807, 2.05) is 6.92 Å². The van der Waals surface area contributed by atoms with E-state index in [-0.39, 0.29) is 23.0 Å². The van der Waals surface area contributed by atoms with Crippen molar-refractivity contribution in [1.82, 2.24) is 4.31 Å². The topological polar surface area (TPSA) is 63.4 Å². The van der Waals surface area contributed by atoms with Gasteiger partial charge in [-0.25, -0.2) is 12.8 Å². The maximum absolute atomic E-state index is 14.3. The zero-order valence-corrected chi connectivity index (χ0v) is 14.3. The molecule has 0 aromatic heterocycles. The summed E-state index contributed by atoms with van der Waals surface area (Å²) >= 11 is 3.20. The highest BCUT2D eigenvalue weighted by Gasteiger charge is 2.30. The molecule has 0 bridgehead atoms. The highest BCUT2D eigenvalue weighted by Crippen LogP contribution is 2.27. The van der Waals surface area contributed by atoms with Crippen LogP contribution in [0.4, 0.5) is 4.39 Å². The van der Waals surface area contributed by atoms with Crippen LogP contribution >= 0.6 is 15.9 Å². The van der Waals surface area contributed by atoms with Crippen molar-refractivity contribution >= 4 is 26.0 Å². The van der Waals surface area contributed by atoms with Crippen LogP contribution in [0.15, 0.2) is 21.5 Å². The van der Waals surface area contributed by atoms with Crippen molar-refractivity contribution in [1.29, 1.82) is 0 Å². The van der Waals surface area contributed by atoms with Crippen LogP contribution in [0.1, 0.15) is 32.8 Å². The normalized spacial score (nSPS) is 13.8. The molecule has 1 atom stereocenters. The number of nitrogens with two attached hydrogens (primary N) is 1. The van der Waals surface area contributed by atoms with E-state index in [0.29, 0.717) is 17.4 Å². The number of hydrogen-bond acceptors (Lipinski definition) is 3. The summed E-state index contributed by atoms with van der Waals surface area (Å²) in [6, 6.07) is 2.59. The molecule has 0 fully saturated rings. The van der Waals surface area contributed by atoms with E-state index in [2.05, 4.69) is 15.9 Å². The van der Waals surface area contributed by atoms with E-state index in [0.717, 1.165) is 0 Å². The lowest BCUT2D eigenvalue weighted by Gasteiger charge is -2.26. The van der Waals surface area contributed by atoms with E-state index < -0.39 is 15.8 Å². The predicted molar refractivity (Wildman–Crippen MR) is 81.3 cm³/mol. The lowest BCUT2D eigenvalue weighted by Crippen LogP contribution is -2.38. The fraction of sp³-hybridized carbons (Fsp3) is 0.538. The first-order chi connectivity index (χ1) is 9.29. The van der Waals surface area contributed by atoms with Gasteiger partial charge in [0, 0.05) is 29.2 Å². The van der Waals surface area contributed by atoms with Gasteiger partial charge in [0.2, 0.25) is 10.0 Å². The third kappa shape index (κ3) is 3.39. The van der Waals surface area contributed by atoms with E-state index in [4.69, 9.17) is 5.73 Å². The van der Waals surface area contributed by atoms with Crippen molar-refractivity contribution in [3.05, 3.63) is 28.0 Å². The van der Waals surface area contributed by atoms with E-state index in [9.17, 15) is 12.8 Å². The molecule has 2 N–H and O–H groups in total. The molecule has 114 valence electrons. The molecular weight excluding hydrogens is 347 g/mol. The van der Waals surface area contributed by atoms with Crippen LogP contribution in [-0.4, -0.2) is 25.3 Å². The lowest BCUT2D eigenvalue weighted by molar-refractivity contribution is 0.340. The maximum atomic E-state index is 14.3. The fourth-order valence-corrected chi connectivity index (χ4v) is 4.51. The molecule has 0 aliphatic heterocycles. The first kappa shape index (κ1) is 17.6. The monoisotopic (exact) mass is 366 g/mol. The van der Waals surface area contributed by atoms with Gasteiger partial charge in [0.05, 0.1) is 0 Å². The Hall–Kier alpha value is -0.500. The van der Waals surface area contributed by atoms with Gasteiger partial charge in [-0.05, 0) is 25.5 Å². The summed E-state index contributed by atoms with van der Waals surface area (Å²) in [6.45, 7) is 5.68. The Kier molecular flexibility index (Phi) is 6.12. The third-order valence-electron chi connectivity index (χ3n) is 3.28. The van der Waals surface area contributed by atoms with Crippen LogP contribution in [0, 0.1) is 5.82 Å². The average Bonchev–Trinajstić information content (AvgIpc) is 2.40. The molecule has 1 aromatic carbocycles. The molecule has 0 spiro atoms. The second-order valence-electron chi connectivity index (χ2n) is 4.55. The van der Waals surface area contributed by atoms with Gasteiger partial charge in [-0.2, -0.15) is 4.31 Å². The van der Waals surface area contributed by atoms with Crippen LogP contribution in [0.2, 0.25) is 0 Å². The quantitative estimate of drug-likeness (QED) is 0.841. The SMILES string of the molecule is CCC(C)N(CC)S(=O)(=O)c1cc(Br)cc(CN)c1F. The van der Waals surface area contributed by atoms with Crippen LogP contribution in [0.3, 0.4) is 0 Å². The van der Waals surface area contributed by atoms with Crippen molar-refractivity contribution < 1.29 is 12.8 Å². The van der Waals surface area contributed by atoms with Gasteiger partial charge < -0.3 is 5.73 Å². The zero-order valence-electron chi connectivity index (χ0n) is 11.9. The Bertz CT molecular complexity index is 578. The molecule has 0 saturated carbocycles. The number of sulfonamides is 1. The molecule has 0 amide bonds. The number of halogens is 2. The lowest BCUT2D eigenvalue weighted by atomic mass is 10.2. The predicted octanol–water partition coefficient (Wildman–Crippen LogP) is 2.86. The smallest absolute Gasteiger partial charge is 0.246 e. The zero-order chi connectivity index (χ0) is 15.5. The molecular formula is C13H20BrFN2O2S. The highest BCUT2D eigenvalue weighted by atomic mass is 79.9. The van der Waals surface area contributed by atoms with Gasteiger partial charge in [-0.15, -0.1) is 0 Å². The van der Waals surface area contributed by atoms with Crippen LogP contribution in [0.25, 0.3) is 0 Å². The fourth-order valence-electron chi connectivity index (χ4n) is 2.00. The summed E-state index contributed by atoms with van der Waals surface area (Å²) in [5.74, 6) is -0.766.